The molecule has 0 saturated carbocycles. The van der Waals surface area contributed by atoms with Crippen LogP contribution in [0.5, 0.6) is 0 Å². The summed E-state index contributed by atoms with van der Waals surface area (Å²) in [5.41, 5.74) is 1.88. The summed E-state index contributed by atoms with van der Waals surface area (Å²) in [5.74, 6) is -1.25. The fourth-order valence-electron chi connectivity index (χ4n) is 2.50. The second kappa shape index (κ2) is 8.74. The lowest BCUT2D eigenvalue weighted by Gasteiger charge is -2.11. The highest BCUT2D eigenvalue weighted by molar-refractivity contribution is 8.18. The largest absolute Gasteiger partial charge is 0.466 e. The number of amidine groups is 1. The minimum absolute atomic E-state index is 0.141. The number of esters is 1. The minimum Gasteiger partial charge on any atom is -0.466 e. The maximum atomic E-state index is 12.6. The monoisotopic (exact) mass is 413 g/mol. The van der Waals surface area contributed by atoms with Crippen molar-refractivity contribution in [1.82, 2.24) is 14.9 Å². The quantitative estimate of drug-likeness (QED) is 0.575. The number of carbonyl (C=O) groups is 3. The maximum Gasteiger partial charge on any atom is 0.331 e. The number of nitrogens with one attached hydrogen (secondary N) is 2. The molecular weight excluding hydrogens is 394 g/mol. The van der Waals surface area contributed by atoms with Gasteiger partial charge in [-0.3, -0.25) is 14.5 Å². The number of methoxy groups -OCH3 is 1. The van der Waals surface area contributed by atoms with E-state index in [2.05, 4.69) is 25.0 Å². The molecular formula is C19H19N5O4S. The first kappa shape index (κ1) is 20.3. The van der Waals surface area contributed by atoms with Gasteiger partial charge in [-0.05, 0) is 37.7 Å². The average molecular weight is 413 g/mol. The Morgan fingerprint density at radius 3 is 2.72 bits per heavy atom. The summed E-state index contributed by atoms with van der Waals surface area (Å²) in [6.07, 6.45) is 2.47. The van der Waals surface area contributed by atoms with E-state index in [1.807, 2.05) is 19.1 Å². The molecule has 0 bridgehead atoms. The van der Waals surface area contributed by atoms with Crippen LogP contribution in [0.15, 0.2) is 46.6 Å². The van der Waals surface area contributed by atoms with Crippen LogP contribution in [-0.2, 0) is 14.3 Å². The van der Waals surface area contributed by atoms with Gasteiger partial charge in [0.15, 0.2) is 16.7 Å². The number of carbonyl (C=O) groups excluding carboxylic acids is 3. The zero-order valence-corrected chi connectivity index (χ0v) is 16.9. The van der Waals surface area contributed by atoms with Gasteiger partial charge in [-0.25, -0.2) is 14.8 Å². The van der Waals surface area contributed by atoms with Crippen LogP contribution in [0.2, 0.25) is 0 Å². The predicted octanol–water partition coefficient (Wildman–Crippen LogP) is 2.61. The number of hydrogen-bond donors (Lipinski definition) is 2. The highest BCUT2D eigenvalue weighted by atomic mass is 32.2. The van der Waals surface area contributed by atoms with Gasteiger partial charge in [0.25, 0.3) is 11.8 Å². The Hall–Kier alpha value is -3.40. The van der Waals surface area contributed by atoms with Crippen LogP contribution in [-0.4, -0.2) is 51.5 Å². The molecule has 3 rings (SSSR count). The predicted molar refractivity (Wildman–Crippen MR) is 110 cm³/mol. The summed E-state index contributed by atoms with van der Waals surface area (Å²) >= 11 is 1.02. The summed E-state index contributed by atoms with van der Waals surface area (Å²) in [4.78, 5) is 49.4. The van der Waals surface area contributed by atoms with Gasteiger partial charge in [0, 0.05) is 18.3 Å². The Morgan fingerprint density at radius 2 is 2.07 bits per heavy atom. The molecule has 29 heavy (non-hydrogen) atoms. The van der Waals surface area contributed by atoms with Crippen molar-refractivity contribution in [2.24, 2.45) is 4.99 Å². The third kappa shape index (κ3) is 4.54. The van der Waals surface area contributed by atoms with Gasteiger partial charge >= 0.3 is 5.97 Å². The Morgan fingerprint density at radius 1 is 1.34 bits per heavy atom. The van der Waals surface area contributed by atoms with Crippen molar-refractivity contribution in [3.63, 3.8) is 0 Å². The number of H-pyrrole nitrogens is 1. The van der Waals surface area contributed by atoms with E-state index < -0.39 is 11.9 Å². The molecule has 0 spiro atoms. The van der Waals surface area contributed by atoms with Crippen molar-refractivity contribution < 1.29 is 19.1 Å². The van der Waals surface area contributed by atoms with Crippen LogP contribution in [0.3, 0.4) is 0 Å². The lowest BCUT2D eigenvalue weighted by molar-refractivity contribution is -0.135. The number of nitrogens with zero attached hydrogens (tertiary/aromatic N) is 3. The van der Waals surface area contributed by atoms with E-state index in [4.69, 9.17) is 0 Å². The smallest absolute Gasteiger partial charge is 0.331 e. The zero-order valence-electron chi connectivity index (χ0n) is 16.1. The number of benzene rings is 1. The third-order valence-electron chi connectivity index (χ3n) is 4.01. The fourth-order valence-corrected chi connectivity index (χ4v) is 3.50. The zero-order chi connectivity index (χ0) is 21.0. The number of aromatic nitrogens is 2. The Labute approximate surface area is 171 Å². The average Bonchev–Trinajstić information content (AvgIpc) is 3.28. The summed E-state index contributed by atoms with van der Waals surface area (Å²) in [6.45, 7) is 4.08. The molecule has 0 unspecified atom stereocenters. The van der Waals surface area contributed by atoms with Crippen molar-refractivity contribution in [2.45, 2.75) is 13.8 Å². The number of aromatic amines is 1. The molecule has 0 atom stereocenters. The normalized spacial score (nSPS) is 16.5. The molecule has 1 saturated heterocycles. The molecule has 2 heterocycles. The number of likely N-dealkylation sites (N-methyl/N-ethyl adjacent to an activating group) is 1. The summed E-state index contributed by atoms with van der Waals surface area (Å²) in [5, 5.41) is 3.10. The lowest BCUT2D eigenvalue weighted by Crippen LogP contribution is -2.28. The van der Waals surface area contributed by atoms with E-state index in [0.29, 0.717) is 17.4 Å². The standard InChI is InChI=1S/C19H19N5O4S/c1-4-24-18(27)13(9-14(25)28-3)29-19(24)23-16-15(20-10-21-16)17(26)22-12-7-5-11(2)6-8-12/h5-10H,4H2,1-3H3,(H,20,21)(H,22,26)/b13-9+,23-19?. The van der Waals surface area contributed by atoms with E-state index in [-0.39, 0.29) is 22.3 Å². The van der Waals surface area contributed by atoms with Gasteiger partial charge in [-0.15, -0.1) is 0 Å². The van der Waals surface area contributed by atoms with Gasteiger partial charge in [-0.1, -0.05) is 17.7 Å². The lowest BCUT2D eigenvalue weighted by atomic mass is 10.2. The maximum absolute atomic E-state index is 12.6. The molecule has 1 fully saturated rings. The number of imidazole rings is 1. The van der Waals surface area contributed by atoms with E-state index in [9.17, 15) is 14.4 Å². The molecule has 0 aliphatic carbocycles. The van der Waals surface area contributed by atoms with Crippen molar-refractivity contribution in [2.75, 3.05) is 19.0 Å². The van der Waals surface area contributed by atoms with E-state index in [1.54, 1.807) is 19.1 Å². The topological polar surface area (TPSA) is 117 Å². The SMILES string of the molecule is CCN1C(=O)/C(=C\C(=O)OC)SC1=Nc1nc[nH]c1C(=O)Nc1ccc(C)cc1. The Balaban J connectivity index is 1.85. The van der Waals surface area contributed by atoms with Crippen molar-refractivity contribution in [3.8, 4) is 0 Å². The second-order valence-corrected chi connectivity index (χ2v) is 7.01. The number of amides is 2. The number of aliphatic imine (C=N–C) groups is 1. The first-order valence-electron chi connectivity index (χ1n) is 8.72. The molecule has 1 aliphatic rings. The van der Waals surface area contributed by atoms with Crippen LogP contribution < -0.4 is 5.32 Å². The van der Waals surface area contributed by atoms with Crippen LogP contribution in [0.1, 0.15) is 23.0 Å². The van der Waals surface area contributed by atoms with E-state index in [0.717, 1.165) is 23.4 Å². The van der Waals surface area contributed by atoms with Gasteiger partial charge < -0.3 is 15.0 Å². The summed E-state index contributed by atoms with van der Waals surface area (Å²) < 4.78 is 4.58. The van der Waals surface area contributed by atoms with Gasteiger partial charge in [0.2, 0.25) is 0 Å². The van der Waals surface area contributed by atoms with Crippen LogP contribution in [0, 0.1) is 6.92 Å². The third-order valence-corrected chi connectivity index (χ3v) is 5.02. The first-order valence-corrected chi connectivity index (χ1v) is 9.54. The highest BCUT2D eigenvalue weighted by Crippen LogP contribution is 2.32. The fraction of sp³-hybridized carbons (Fsp3) is 0.211. The molecule has 1 aromatic carbocycles. The first-order chi connectivity index (χ1) is 13.9. The number of hydrogen-bond acceptors (Lipinski definition) is 7. The Kier molecular flexibility index (Phi) is 6.13. The highest BCUT2D eigenvalue weighted by Gasteiger charge is 2.33. The number of aryl methyl sites for hydroxylation is 1. The molecule has 2 aromatic rings. The molecule has 1 aromatic heterocycles. The van der Waals surface area contributed by atoms with E-state index >= 15 is 0 Å². The number of rotatable bonds is 5. The van der Waals surface area contributed by atoms with E-state index in [1.165, 1.54) is 18.3 Å². The van der Waals surface area contributed by atoms with Crippen LogP contribution in [0.25, 0.3) is 0 Å². The summed E-state index contributed by atoms with van der Waals surface area (Å²) in [7, 11) is 1.23. The molecule has 9 nitrogen and oxygen atoms in total. The van der Waals surface area contributed by atoms with Crippen molar-refractivity contribution in [1.29, 1.82) is 0 Å². The summed E-state index contributed by atoms with van der Waals surface area (Å²) in [6, 6.07) is 7.37. The molecule has 2 amide bonds. The van der Waals surface area contributed by atoms with Crippen molar-refractivity contribution in [3.05, 3.63) is 52.8 Å². The number of thioether (sulfide) groups is 1. The minimum atomic E-state index is -0.629. The van der Waals surface area contributed by atoms with Gasteiger partial charge in [0.1, 0.15) is 0 Å². The van der Waals surface area contributed by atoms with Gasteiger partial charge in [0.05, 0.1) is 18.3 Å². The molecule has 0 radical (unpaired) electrons. The van der Waals surface area contributed by atoms with Crippen LogP contribution in [0.4, 0.5) is 11.5 Å². The van der Waals surface area contributed by atoms with Crippen molar-refractivity contribution >= 4 is 46.2 Å². The molecule has 150 valence electrons. The van der Waals surface area contributed by atoms with Crippen LogP contribution >= 0.6 is 11.8 Å². The number of anilines is 1. The molecule has 10 heteroatoms. The Bertz CT molecular complexity index is 1010. The van der Waals surface area contributed by atoms with Gasteiger partial charge in [-0.2, -0.15) is 0 Å². The second-order valence-electron chi connectivity index (χ2n) is 6.00. The molecule has 2 N–H and O–H groups in total. The number of ether oxygens (including phenoxy) is 1. The molecule has 1 aliphatic heterocycles.